The molecular weight excluding hydrogens is 288 g/mol. The van der Waals surface area contributed by atoms with Gasteiger partial charge in [0.1, 0.15) is 11.5 Å². The molecule has 7 nitrogen and oxygen atoms in total. The number of nitrogens with zero attached hydrogens (tertiary/aromatic N) is 1. The first kappa shape index (κ1) is 15.6. The number of Topliss-reactive ketones (excluding diaryl/α,β-unsaturated/α-hetero) is 1. The van der Waals surface area contributed by atoms with Crippen LogP contribution in [-0.2, 0) is 16.1 Å². The molecule has 2 aromatic rings. The summed E-state index contributed by atoms with van der Waals surface area (Å²) in [6, 6.07) is 4.96. The number of hydrogen-bond acceptors (Lipinski definition) is 4. The van der Waals surface area contributed by atoms with E-state index in [1.807, 2.05) is 0 Å². The fraction of sp³-hybridized carbons (Fsp3) is 0.267. The van der Waals surface area contributed by atoms with E-state index in [0.29, 0.717) is 16.7 Å². The Balaban J connectivity index is 2.84. The number of carboxylic acids is 1. The Morgan fingerprint density at radius 1 is 1.27 bits per heavy atom. The highest BCUT2D eigenvalue weighted by Crippen LogP contribution is 2.34. The summed E-state index contributed by atoms with van der Waals surface area (Å²) < 4.78 is 6.52. The second kappa shape index (κ2) is 5.88. The number of anilines is 1. The van der Waals surface area contributed by atoms with E-state index in [9.17, 15) is 19.5 Å². The minimum absolute atomic E-state index is 0.0932. The molecule has 0 spiro atoms. The number of ketones is 1. The van der Waals surface area contributed by atoms with Crippen LogP contribution < -0.4 is 10.1 Å². The molecule has 0 saturated carbocycles. The van der Waals surface area contributed by atoms with Gasteiger partial charge in [0.15, 0.2) is 5.69 Å². The highest BCUT2D eigenvalue weighted by atomic mass is 16.5. The lowest BCUT2D eigenvalue weighted by molar-refractivity contribution is -0.117. The van der Waals surface area contributed by atoms with Gasteiger partial charge in [-0.15, -0.1) is 0 Å². The predicted molar refractivity (Wildman–Crippen MR) is 80.4 cm³/mol. The van der Waals surface area contributed by atoms with Gasteiger partial charge in [0.05, 0.1) is 24.9 Å². The van der Waals surface area contributed by atoms with E-state index < -0.39 is 11.9 Å². The van der Waals surface area contributed by atoms with Crippen molar-refractivity contribution < 1.29 is 24.2 Å². The Bertz CT molecular complexity index is 776. The molecule has 116 valence electrons. The average Bonchev–Trinajstić information content (AvgIpc) is 2.71. The summed E-state index contributed by atoms with van der Waals surface area (Å²) in [7, 11) is 1.49. The van der Waals surface area contributed by atoms with Crippen molar-refractivity contribution in [2.45, 2.75) is 20.4 Å². The summed E-state index contributed by atoms with van der Waals surface area (Å²) in [5.41, 5.74) is 0.570. The zero-order valence-corrected chi connectivity index (χ0v) is 12.5. The Morgan fingerprint density at radius 2 is 1.95 bits per heavy atom. The first-order valence-electron chi connectivity index (χ1n) is 6.55. The fourth-order valence-electron chi connectivity index (χ4n) is 2.37. The zero-order valence-electron chi connectivity index (χ0n) is 12.5. The van der Waals surface area contributed by atoms with Crippen molar-refractivity contribution in [2.24, 2.45) is 0 Å². The third-order valence-electron chi connectivity index (χ3n) is 3.15. The normalized spacial score (nSPS) is 10.5. The number of amides is 1. The molecule has 2 N–H and O–H groups in total. The number of rotatable bonds is 5. The van der Waals surface area contributed by atoms with Crippen molar-refractivity contribution in [3.8, 4) is 5.75 Å². The van der Waals surface area contributed by atoms with Crippen LogP contribution in [0.25, 0.3) is 10.9 Å². The van der Waals surface area contributed by atoms with Crippen LogP contribution in [-0.4, -0.2) is 34.4 Å². The maximum Gasteiger partial charge on any atom is 0.354 e. The van der Waals surface area contributed by atoms with Gasteiger partial charge >= 0.3 is 5.97 Å². The van der Waals surface area contributed by atoms with Crippen molar-refractivity contribution in [1.29, 1.82) is 0 Å². The van der Waals surface area contributed by atoms with Crippen LogP contribution >= 0.6 is 0 Å². The molecule has 1 heterocycles. The van der Waals surface area contributed by atoms with Gasteiger partial charge in [-0.3, -0.25) is 9.59 Å². The quantitative estimate of drug-likeness (QED) is 0.879. The lowest BCUT2D eigenvalue weighted by atomic mass is 10.2. The van der Waals surface area contributed by atoms with Crippen LogP contribution in [0.3, 0.4) is 0 Å². The molecule has 0 bridgehead atoms. The van der Waals surface area contributed by atoms with Crippen LogP contribution in [0.15, 0.2) is 18.2 Å². The van der Waals surface area contributed by atoms with Crippen molar-refractivity contribution in [2.75, 3.05) is 12.4 Å². The van der Waals surface area contributed by atoms with Gasteiger partial charge in [-0.2, -0.15) is 0 Å². The van der Waals surface area contributed by atoms with E-state index in [-0.39, 0.29) is 23.7 Å². The standard InChI is InChI=1S/C15H16N2O5/c1-8(18)7-17-12-5-4-10(22-3)6-11(12)13(16-9(2)19)14(17)15(20)21/h4-6H,7H2,1-3H3,(H,16,19)(H,20,21). The topological polar surface area (TPSA) is 97.6 Å². The van der Waals surface area contributed by atoms with Gasteiger partial charge in [0, 0.05) is 12.3 Å². The van der Waals surface area contributed by atoms with Crippen molar-refractivity contribution in [3.05, 3.63) is 23.9 Å². The largest absolute Gasteiger partial charge is 0.497 e. The Kier molecular flexibility index (Phi) is 4.16. The minimum Gasteiger partial charge on any atom is -0.497 e. The van der Waals surface area contributed by atoms with E-state index in [1.54, 1.807) is 18.2 Å². The fourth-order valence-corrected chi connectivity index (χ4v) is 2.37. The Morgan fingerprint density at radius 3 is 2.45 bits per heavy atom. The maximum atomic E-state index is 11.6. The Hall–Kier alpha value is -2.83. The lowest BCUT2D eigenvalue weighted by Gasteiger charge is -2.06. The number of carboxylic acid groups (broad SMARTS) is 1. The number of aromatic nitrogens is 1. The minimum atomic E-state index is -1.22. The molecule has 0 atom stereocenters. The van der Waals surface area contributed by atoms with Crippen molar-refractivity contribution >= 4 is 34.3 Å². The highest BCUT2D eigenvalue weighted by molar-refractivity contribution is 6.11. The van der Waals surface area contributed by atoms with E-state index in [4.69, 9.17) is 4.74 Å². The number of carbonyl (C=O) groups excluding carboxylic acids is 2. The molecule has 0 fully saturated rings. The van der Waals surface area contributed by atoms with Crippen LogP contribution in [0.1, 0.15) is 24.3 Å². The maximum absolute atomic E-state index is 11.6. The monoisotopic (exact) mass is 304 g/mol. The van der Waals surface area contributed by atoms with E-state index in [2.05, 4.69) is 5.32 Å². The van der Waals surface area contributed by atoms with E-state index in [0.717, 1.165) is 0 Å². The lowest BCUT2D eigenvalue weighted by Crippen LogP contribution is -2.16. The molecule has 22 heavy (non-hydrogen) atoms. The molecule has 0 aliphatic carbocycles. The van der Waals surface area contributed by atoms with Gasteiger partial charge in [0.25, 0.3) is 0 Å². The average molecular weight is 304 g/mol. The number of hydrogen-bond donors (Lipinski definition) is 2. The van der Waals surface area contributed by atoms with Crippen molar-refractivity contribution in [3.63, 3.8) is 0 Å². The number of benzene rings is 1. The summed E-state index contributed by atoms with van der Waals surface area (Å²) in [5.74, 6) is -1.28. The van der Waals surface area contributed by atoms with Gasteiger partial charge in [-0.05, 0) is 25.1 Å². The number of nitrogens with one attached hydrogen (secondary N) is 1. The molecule has 0 aliphatic heterocycles. The number of carbonyl (C=O) groups is 3. The molecule has 0 saturated heterocycles. The van der Waals surface area contributed by atoms with Crippen LogP contribution in [0.4, 0.5) is 5.69 Å². The smallest absolute Gasteiger partial charge is 0.354 e. The predicted octanol–water partition coefficient (Wildman–Crippen LogP) is 1.90. The number of ether oxygens (including phenoxy) is 1. The van der Waals surface area contributed by atoms with Gasteiger partial charge in [0.2, 0.25) is 5.91 Å². The molecule has 1 amide bonds. The van der Waals surface area contributed by atoms with Gasteiger partial charge in [-0.1, -0.05) is 0 Å². The molecule has 1 aromatic heterocycles. The number of methoxy groups -OCH3 is 1. The summed E-state index contributed by atoms with van der Waals surface area (Å²) >= 11 is 0. The molecular formula is C15H16N2O5. The number of fused-ring (bicyclic) bond motifs is 1. The first-order chi connectivity index (χ1) is 10.3. The van der Waals surface area contributed by atoms with Gasteiger partial charge < -0.3 is 19.7 Å². The van der Waals surface area contributed by atoms with E-state index in [1.165, 1.54) is 25.5 Å². The van der Waals surface area contributed by atoms with Gasteiger partial charge in [-0.25, -0.2) is 4.79 Å². The van der Waals surface area contributed by atoms with E-state index >= 15 is 0 Å². The van der Waals surface area contributed by atoms with Crippen LogP contribution in [0, 0.1) is 0 Å². The molecule has 1 aromatic carbocycles. The molecule has 0 radical (unpaired) electrons. The summed E-state index contributed by atoms with van der Waals surface area (Å²) in [6.45, 7) is 2.57. The molecule has 0 aliphatic rings. The summed E-state index contributed by atoms with van der Waals surface area (Å²) in [5, 5.41) is 12.5. The third kappa shape index (κ3) is 2.78. The molecule has 0 unspecified atom stereocenters. The Labute approximate surface area is 126 Å². The zero-order chi connectivity index (χ0) is 16.4. The van der Waals surface area contributed by atoms with Crippen molar-refractivity contribution in [1.82, 2.24) is 4.57 Å². The summed E-state index contributed by atoms with van der Waals surface area (Å²) in [6.07, 6.45) is 0. The SMILES string of the molecule is COc1ccc2c(c1)c(NC(C)=O)c(C(=O)O)n2CC(C)=O. The first-order valence-corrected chi connectivity index (χ1v) is 6.55. The third-order valence-corrected chi connectivity index (χ3v) is 3.15. The second-order valence-corrected chi connectivity index (χ2v) is 4.88. The van der Waals surface area contributed by atoms with Crippen LogP contribution in [0.2, 0.25) is 0 Å². The number of aromatic carboxylic acids is 1. The molecule has 2 rings (SSSR count). The summed E-state index contributed by atoms with van der Waals surface area (Å²) in [4.78, 5) is 34.5. The molecule has 7 heteroatoms. The second-order valence-electron chi connectivity index (χ2n) is 4.88. The highest BCUT2D eigenvalue weighted by Gasteiger charge is 2.24. The van der Waals surface area contributed by atoms with Crippen LogP contribution in [0.5, 0.6) is 5.75 Å².